The Labute approximate surface area is 126 Å². The highest BCUT2D eigenvalue weighted by molar-refractivity contribution is 7.80. The minimum Gasteiger partial charge on any atom is -0.358 e. The van der Waals surface area contributed by atoms with Crippen LogP contribution in [0.4, 0.5) is 0 Å². The topological polar surface area (TPSA) is 36.4 Å². The van der Waals surface area contributed by atoms with Gasteiger partial charge in [-0.25, -0.2) is 0 Å². The molecule has 1 aromatic carbocycles. The van der Waals surface area contributed by atoms with Crippen LogP contribution < -0.4 is 10.7 Å². The third-order valence-electron chi connectivity index (χ3n) is 3.99. The number of thiocarbonyl (C=S) groups is 1. The summed E-state index contributed by atoms with van der Waals surface area (Å²) in [5, 5.41) is 8.21. The van der Waals surface area contributed by atoms with Crippen molar-refractivity contribution >= 4 is 23.5 Å². The molecule has 0 heterocycles. The zero-order valence-electron chi connectivity index (χ0n) is 12.2. The van der Waals surface area contributed by atoms with Gasteiger partial charge < -0.3 is 5.32 Å². The number of nitrogens with zero attached hydrogens (tertiary/aromatic N) is 1. The van der Waals surface area contributed by atoms with Crippen molar-refractivity contribution in [2.75, 3.05) is 0 Å². The van der Waals surface area contributed by atoms with Gasteiger partial charge in [-0.1, -0.05) is 44.0 Å². The highest BCUT2D eigenvalue weighted by Crippen LogP contribution is 2.23. The van der Waals surface area contributed by atoms with Crippen molar-refractivity contribution in [2.45, 2.75) is 45.6 Å². The molecule has 1 fully saturated rings. The van der Waals surface area contributed by atoms with E-state index in [-0.39, 0.29) is 0 Å². The zero-order chi connectivity index (χ0) is 14.4. The van der Waals surface area contributed by atoms with E-state index in [9.17, 15) is 0 Å². The lowest BCUT2D eigenvalue weighted by Gasteiger charge is -2.30. The van der Waals surface area contributed by atoms with Crippen LogP contribution in [0, 0.1) is 12.8 Å². The number of hydrogen-bond donors (Lipinski definition) is 2. The number of aryl methyl sites for hydroxylation is 1. The van der Waals surface area contributed by atoms with Crippen LogP contribution in [-0.2, 0) is 0 Å². The largest absolute Gasteiger partial charge is 0.358 e. The molecule has 2 N–H and O–H groups in total. The summed E-state index contributed by atoms with van der Waals surface area (Å²) in [7, 11) is 0. The van der Waals surface area contributed by atoms with Gasteiger partial charge in [0.2, 0.25) is 0 Å². The molecule has 3 nitrogen and oxygen atoms in total. The summed E-state index contributed by atoms with van der Waals surface area (Å²) in [6.45, 7) is 4.36. The highest BCUT2D eigenvalue weighted by Gasteiger charge is 2.21. The lowest BCUT2D eigenvalue weighted by atomic mass is 9.86. The smallest absolute Gasteiger partial charge is 0.187 e. The predicted octanol–water partition coefficient (Wildman–Crippen LogP) is 3.37. The highest BCUT2D eigenvalue weighted by atomic mass is 32.1. The van der Waals surface area contributed by atoms with Crippen LogP contribution in [0.2, 0.25) is 0 Å². The fraction of sp³-hybridized carbons (Fsp3) is 0.500. The Bertz CT molecular complexity index is 484. The first-order valence-corrected chi connectivity index (χ1v) is 7.73. The molecule has 0 bridgehead atoms. The average Bonchev–Trinajstić information content (AvgIpc) is 2.43. The Morgan fingerprint density at radius 1 is 1.30 bits per heavy atom. The Morgan fingerprint density at radius 2 is 2.05 bits per heavy atom. The molecule has 4 heteroatoms. The van der Waals surface area contributed by atoms with Crippen molar-refractivity contribution in [1.29, 1.82) is 0 Å². The first kappa shape index (κ1) is 15.0. The van der Waals surface area contributed by atoms with E-state index in [1.54, 1.807) is 0 Å². The molecule has 1 saturated carbocycles. The second-order valence-corrected chi connectivity index (χ2v) is 5.98. The molecule has 20 heavy (non-hydrogen) atoms. The van der Waals surface area contributed by atoms with Crippen LogP contribution in [0.15, 0.2) is 29.4 Å². The predicted molar refractivity (Wildman–Crippen MR) is 89.1 cm³/mol. The van der Waals surface area contributed by atoms with E-state index < -0.39 is 0 Å². The molecule has 1 aliphatic rings. The molecule has 1 aromatic rings. The van der Waals surface area contributed by atoms with E-state index >= 15 is 0 Å². The number of hydrazone groups is 1. The first-order valence-electron chi connectivity index (χ1n) is 7.32. The number of rotatable bonds is 3. The SMILES string of the molecule is Cc1ccccc1/C=N\NC(=S)N[C@H]1CCCC[C@@H]1C. The van der Waals surface area contributed by atoms with Crippen molar-refractivity contribution in [2.24, 2.45) is 11.0 Å². The monoisotopic (exact) mass is 289 g/mol. The van der Waals surface area contributed by atoms with E-state index in [1.807, 2.05) is 24.4 Å². The summed E-state index contributed by atoms with van der Waals surface area (Å²) in [6.07, 6.45) is 6.92. The van der Waals surface area contributed by atoms with Gasteiger partial charge in [0.25, 0.3) is 0 Å². The maximum absolute atomic E-state index is 5.30. The standard InChI is InChI=1S/C16H23N3S/c1-12-7-3-5-9-14(12)11-17-19-16(20)18-15-10-6-4-8-13(15)2/h3,5,7,9,11,13,15H,4,6,8,10H2,1-2H3,(H2,18,19,20)/b17-11-/t13-,15-/m0/s1. The minimum atomic E-state index is 0.484. The fourth-order valence-corrected chi connectivity index (χ4v) is 2.83. The molecule has 0 radical (unpaired) electrons. The second kappa shape index (κ2) is 7.39. The molecule has 108 valence electrons. The molecule has 1 aliphatic carbocycles. The molecule has 0 aromatic heterocycles. The molecule has 0 amide bonds. The second-order valence-electron chi connectivity index (χ2n) is 5.57. The third kappa shape index (κ3) is 4.30. The van der Waals surface area contributed by atoms with Gasteiger partial charge in [-0.2, -0.15) is 5.10 Å². The lowest BCUT2D eigenvalue weighted by molar-refractivity contribution is 0.308. The zero-order valence-corrected chi connectivity index (χ0v) is 13.0. The third-order valence-corrected chi connectivity index (χ3v) is 4.20. The van der Waals surface area contributed by atoms with Gasteiger partial charge in [0.05, 0.1) is 6.21 Å². The van der Waals surface area contributed by atoms with Crippen molar-refractivity contribution in [3.8, 4) is 0 Å². The van der Waals surface area contributed by atoms with Crippen LogP contribution in [0.3, 0.4) is 0 Å². The maximum atomic E-state index is 5.30. The van der Waals surface area contributed by atoms with Gasteiger partial charge in [-0.3, -0.25) is 5.43 Å². The summed E-state index contributed by atoms with van der Waals surface area (Å²) in [6, 6.07) is 8.63. The normalized spacial score (nSPS) is 22.7. The quantitative estimate of drug-likeness (QED) is 0.509. The Hall–Kier alpha value is -1.42. The van der Waals surface area contributed by atoms with E-state index in [2.05, 4.69) is 35.8 Å². The Balaban J connectivity index is 1.81. The van der Waals surface area contributed by atoms with E-state index in [4.69, 9.17) is 12.2 Å². The molecule has 0 saturated heterocycles. The summed E-state index contributed by atoms with van der Waals surface area (Å²) in [5.74, 6) is 0.684. The van der Waals surface area contributed by atoms with Gasteiger partial charge in [0.1, 0.15) is 0 Å². The Morgan fingerprint density at radius 3 is 2.80 bits per heavy atom. The molecular weight excluding hydrogens is 266 g/mol. The average molecular weight is 289 g/mol. The van der Waals surface area contributed by atoms with E-state index in [0.29, 0.717) is 17.1 Å². The number of hydrogen-bond acceptors (Lipinski definition) is 2. The molecule has 0 unspecified atom stereocenters. The van der Waals surface area contributed by atoms with Gasteiger partial charge in [0.15, 0.2) is 5.11 Å². The van der Waals surface area contributed by atoms with Gasteiger partial charge >= 0.3 is 0 Å². The van der Waals surface area contributed by atoms with Crippen molar-refractivity contribution in [1.82, 2.24) is 10.7 Å². The van der Waals surface area contributed by atoms with Gasteiger partial charge in [-0.05, 0) is 49.0 Å². The molecular formula is C16H23N3S. The lowest BCUT2D eigenvalue weighted by Crippen LogP contribution is -2.44. The van der Waals surface area contributed by atoms with Crippen LogP contribution in [-0.4, -0.2) is 17.4 Å². The summed E-state index contributed by atoms with van der Waals surface area (Å²) in [5.41, 5.74) is 5.23. The number of benzene rings is 1. The number of nitrogens with one attached hydrogen (secondary N) is 2. The maximum Gasteiger partial charge on any atom is 0.187 e. The first-order chi connectivity index (χ1) is 9.66. The fourth-order valence-electron chi connectivity index (χ4n) is 2.62. The molecule has 0 aliphatic heterocycles. The van der Waals surface area contributed by atoms with Crippen LogP contribution in [0.25, 0.3) is 0 Å². The van der Waals surface area contributed by atoms with Gasteiger partial charge in [0, 0.05) is 6.04 Å². The van der Waals surface area contributed by atoms with E-state index in [1.165, 1.54) is 31.2 Å². The minimum absolute atomic E-state index is 0.484. The summed E-state index contributed by atoms with van der Waals surface area (Å²) in [4.78, 5) is 0. The molecule has 0 spiro atoms. The van der Waals surface area contributed by atoms with Gasteiger partial charge in [-0.15, -0.1) is 0 Å². The van der Waals surface area contributed by atoms with Crippen molar-refractivity contribution in [3.05, 3.63) is 35.4 Å². The van der Waals surface area contributed by atoms with Crippen LogP contribution in [0.5, 0.6) is 0 Å². The Kier molecular flexibility index (Phi) is 5.53. The molecule has 2 atom stereocenters. The van der Waals surface area contributed by atoms with Crippen molar-refractivity contribution < 1.29 is 0 Å². The molecule has 2 rings (SSSR count). The van der Waals surface area contributed by atoms with Crippen molar-refractivity contribution in [3.63, 3.8) is 0 Å². The summed E-state index contributed by atoms with van der Waals surface area (Å²) < 4.78 is 0. The van der Waals surface area contributed by atoms with E-state index in [0.717, 1.165) is 5.56 Å². The van der Waals surface area contributed by atoms with Crippen LogP contribution in [0.1, 0.15) is 43.7 Å². The van der Waals surface area contributed by atoms with Crippen LogP contribution >= 0.6 is 12.2 Å². The summed E-state index contributed by atoms with van der Waals surface area (Å²) >= 11 is 5.30.